The van der Waals surface area contributed by atoms with Gasteiger partial charge in [0, 0.05) is 16.8 Å². The molecule has 0 radical (unpaired) electrons. The summed E-state index contributed by atoms with van der Waals surface area (Å²) in [7, 11) is 0. The molecule has 0 saturated carbocycles. The van der Waals surface area contributed by atoms with Crippen LogP contribution >= 0.6 is 11.3 Å². The summed E-state index contributed by atoms with van der Waals surface area (Å²) < 4.78 is 0. The molecule has 0 aliphatic carbocycles. The van der Waals surface area contributed by atoms with Gasteiger partial charge in [0.1, 0.15) is 5.01 Å². The van der Waals surface area contributed by atoms with Crippen molar-refractivity contribution in [1.82, 2.24) is 10.3 Å². The summed E-state index contributed by atoms with van der Waals surface area (Å²) in [5.74, 6) is -0.0433. The Kier molecular flexibility index (Phi) is 4.16. The van der Waals surface area contributed by atoms with E-state index in [4.69, 9.17) is 5.73 Å². The van der Waals surface area contributed by atoms with Gasteiger partial charge in [-0.25, -0.2) is 4.98 Å². The number of aryl methyl sites for hydroxylation is 1. The van der Waals surface area contributed by atoms with E-state index >= 15 is 0 Å². The maximum atomic E-state index is 12.0. The number of carbonyl (C=O) groups excluding carboxylic acids is 1. The second-order valence-electron chi connectivity index (χ2n) is 4.49. The van der Waals surface area contributed by atoms with Crippen LogP contribution < -0.4 is 11.1 Å². The molecule has 4 nitrogen and oxygen atoms in total. The van der Waals surface area contributed by atoms with E-state index in [1.807, 2.05) is 37.4 Å². The van der Waals surface area contributed by atoms with E-state index in [0.29, 0.717) is 12.1 Å². The smallest absolute Gasteiger partial charge is 0.225 e. The fourth-order valence-corrected chi connectivity index (χ4v) is 2.60. The Hall–Kier alpha value is -1.88. The number of anilines is 1. The lowest BCUT2D eigenvalue weighted by Crippen LogP contribution is -2.28. The topological polar surface area (TPSA) is 68.0 Å². The molecular formula is C14H17N3OS. The van der Waals surface area contributed by atoms with Gasteiger partial charge in [0.15, 0.2) is 0 Å². The van der Waals surface area contributed by atoms with Crippen LogP contribution in [0, 0.1) is 6.92 Å². The van der Waals surface area contributed by atoms with Gasteiger partial charge in [-0.1, -0.05) is 18.2 Å². The minimum atomic E-state index is -0.0730. The molecule has 0 spiro atoms. The summed E-state index contributed by atoms with van der Waals surface area (Å²) in [5, 5.41) is 5.84. The van der Waals surface area contributed by atoms with Crippen LogP contribution in [0.5, 0.6) is 0 Å². The van der Waals surface area contributed by atoms with Gasteiger partial charge in [-0.05, 0) is 25.5 Å². The normalized spacial score (nSPS) is 12.1. The van der Waals surface area contributed by atoms with Crippen LogP contribution in [0.15, 0.2) is 29.6 Å². The van der Waals surface area contributed by atoms with Gasteiger partial charge in [-0.3, -0.25) is 4.79 Å². The molecule has 1 aromatic carbocycles. The SMILES string of the molecule is Cc1csc(C(C)NC(=O)Cc2ccccc2N)n1. The van der Waals surface area contributed by atoms with Crippen LogP contribution in [0.3, 0.4) is 0 Å². The molecule has 0 aliphatic heterocycles. The first-order valence-electron chi connectivity index (χ1n) is 6.11. The average Bonchev–Trinajstić information content (AvgIpc) is 2.79. The quantitative estimate of drug-likeness (QED) is 0.842. The lowest BCUT2D eigenvalue weighted by Gasteiger charge is -2.12. The Morgan fingerprint density at radius 3 is 2.84 bits per heavy atom. The molecule has 5 heteroatoms. The zero-order valence-electron chi connectivity index (χ0n) is 11.0. The monoisotopic (exact) mass is 275 g/mol. The van der Waals surface area contributed by atoms with Crippen LogP contribution in [0.4, 0.5) is 5.69 Å². The Morgan fingerprint density at radius 1 is 1.47 bits per heavy atom. The highest BCUT2D eigenvalue weighted by Crippen LogP contribution is 2.18. The summed E-state index contributed by atoms with van der Waals surface area (Å²) >= 11 is 1.56. The number of nitrogens with zero attached hydrogens (tertiary/aromatic N) is 1. The van der Waals surface area contributed by atoms with Crippen LogP contribution in [-0.2, 0) is 11.2 Å². The molecule has 1 amide bonds. The fraction of sp³-hybridized carbons (Fsp3) is 0.286. The molecule has 100 valence electrons. The summed E-state index contributed by atoms with van der Waals surface area (Å²) in [6, 6.07) is 7.34. The van der Waals surface area contributed by atoms with E-state index in [9.17, 15) is 4.79 Å². The molecule has 0 aliphatic rings. The number of benzene rings is 1. The molecule has 19 heavy (non-hydrogen) atoms. The number of amides is 1. The van der Waals surface area contributed by atoms with Crippen molar-refractivity contribution in [2.45, 2.75) is 26.3 Å². The van der Waals surface area contributed by atoms with Gasteiger partial charge in [0.05, 0.1) is 12.5 Å². The second kappa shape index (κ2) is 5.84. The number of thiazole rings is 1. The molecule has 1 heterocycles. The number of nitrogens with one attached hydrogen (secondary N) is 1. The summed E-state index contributed by atoms with van der Waals surface area (Å²) in [6.07, 6.45) is 0.293. The lowest BCUT2D eigenvalue weighted by molar-refractivity contribution is -0.121. The number of rotatable bonds is 4. The molecule has 0 fully saturated rings. The van der Waals surface area contributed by atoms with Gasteiger partial charge in [-0.15, -0.1) is 11.3 Å². The number of aromatic nitrogens is 1. The number of hydrogen-bond donors (Lipinski definition) is 2. The van der Waals surface area contributed by atoms with Crippen LogP contribution in [0.1, 0.15) is 29.2 Å². The van der Waals surface area contributed by atoms with Crippen molar-refractivity contribution < 1.29 is 4.79 Å². The molecule has 0 bridgehead atoms. The molecule has 3 N–H and O–H groups in total. The van der Waals surface area contributed by atoms with Crippen molar-refractivity contribution in [3.05, 3.63) is 45.9 Å². The third kappa shape index (κ3) is 3.54. The largest absolute Gasteiger partial charge is 0.398 e. The van der Waals surface area contributed by atoms with E-state index < -0.39 is 0 Å². The first-order chi connectivity index (χ1) is 9.06. The van der Waals surface area contributed by atoms with Crippen molar-refractivity contribution in [3.63, 3.8) is 0 Å². The number of carbonyl (C=O) groups is 1. The Morgan fingerprint density at radius 2 is 2.21 bits per heavy atom. The van der Waals surface area contributed by atoms with E-state index in [0.717, 1.165) is 16.3 Å². The maximum Gasteiger partial charge on any atom is 0.225 e. The van der Waals surface area contributed by atoms with Gasteiger partial charge >= 0.3 is 0 Å². The number of para-hydroxylation sites is 1. The molecular weight excluding hydrogens is 258 g/mol. The summed E-state index contributed by atoms with van der Waals surface area (Å²) in [4.78, 5) is 16.3. The van der Waals surface area contributed by atoms with Crippen molar-refractivity contribution in [1.29, 1.82) is 0 Å². The highest BCUT2D eigenvalue weighted by atomic mass is 32.1. The van der Waals surface area contributed by atoms with E-state index in [-0.39, 0.29) is 11.9 Å². The van der Waals surface area contributed by atoms with Gasteiger partial charge in [-0.2, -0.15) is 0 Å². The van der Waals surface area contributed by atoms with Gasteiger partial charge in [0.25, 0.3) is 0 Å². The predicted molar refractivity (Wildman–Crippen MR) is 78.0 cm³/mol. The van der Waals surface area contributed by atoms with Gasteiger partial charge < -0.3 is 11.1 Å². The van der Waals surface area contributed by atoms with Crippen molar-refractivity contribution in [2.75, 3.05) is 5.73 Å². The average molecular weight is 275 g/mol. The van der Waals surface area contributed by atoms with Gasteiger partial charge in [0.2, 0.25) is 5.91 Å². The summed E-state index contributed by atoms with van der Waals surface area (Å²) in [5.41, 5.74) is 8.30. The van der Waals surface area contributed by atoms with Crippen LogP contribution in [0.2, 0.25) is 0 Å². The van der Waals surface area contributed by atoms with Crippen molar-refractivity contribution >= 4 is 22.9 Å². The molecule has 1 atom stereocenters. The third-order valence-electron chi connectivity index (χ3n) is 2.79. The molecule has 0 saturated heterocycles. The number of hydrogen-bond acceptors (Lipinski definition) is 4. The predicted octanol–water partition coefficient (Wildman–Crippen LogP) is 2.45. The number of nitrogen functional groups attached to an aromatic ring is 1. The van der Waals surface area contributed by atoms with Crippen LogP contribution in [0.25, 0.3) is 0 Å². The summed E-state index contributed by atoms with van der Waals surface area (Å²) in [6.45, 7) is 3.88. The minimum absolute atomic E-state index is 0.0433. The minimum Gasteiger partial charge on any atom is -0.398 e. The Balaban J connectivity index is 1.96. The zero-order valence-corrected chi connectivity index (χ0v) is 11.8. The zero-order chi connectivity index (χ0) is 13.8. The maximum absolute atomic E-state index is 12.0. The molecule has 1 unspecified atom stereocenters. The highest BCUT2D eigenvalue weighted by Gasteiger charge is 2.13. The van der Waals surface area contributed by atoms with Crippen molar-refractivity contribution in [2.24, 2.45) is 0 Å². The van der Waals surface area contributed by atoms with E-state index in [2.05, 4.69) is 10.3 Å². The first kappa shape index (κ1) is 13.5. The highest BCUT2D eigenvalue weighted by molar-refractivity contribution is 7.09. The first-order valence-corrected chi connectivity index (χ1v) is 6.99. The molecule has 2 rings (SSSR count). The van der Waals surface area contributed by atoms with Crippen LogP contribution in [-0.4, -0.2) is 10.9 Å². The van der Waals surface area contributed by atoms with E-state index in [1.165, 1.54) is 0 Å². The Labute approximate surface area is 116 Å². The standard InChI is InChI=1S/C14H17N3OS/c1-9-8-19-14(16-9)10(2)17-13(18)7-11-5-3-4-6-12(11)15/h3-6,8,10H,7,15H2,1-2H3,(H,17,18). The fourth-order valence-electron chi connectivity index (χ4n) is 1.79. The lowest BCUT2D eigenvalue weighted by atomic mass is 10.1. The molecule has 2 aromatic rings. The van der Waals surface area contributed by atoms with E-state index in [1.54, 1.807) is 17.4 Å². The van der Waals surface area contributed by atoms with Crippen molar-refractivity contribution in [3.8, 4) is 0 Å². The Bertz CT molecular complexity index is 580. The third-order valence-corrected chi connectivity index (χ3v) is 3.94. The second-order valence-corrected chi connectivity index (χ2v) is 5.38. The molecule has 1 aromatic heterocycles. The number of nitrogens with two attached hydrogens (primary N) is 1.